The molecule has 0 aliphatic carbocycles. The second-order valence-corrected chi connectivity index (χ2v) is 3.18. The van der Waals surface area contributed by atoms with E-state index in [2.05, 4.69) is 4.98 Å². The third-order valence-corrected chi connectivity index (χ3v) is 2.08. The van der Waals surface area contributed by atoms with Crippen LogP contribution in [-0.2, 0) is 0 Å². The number of hydrogen-bond acceptors (Lipinski definition) is 4. The largest absolute Gasteiger partial charge is 0.495 e. The number of para-hydroxylation sites is 2. The van der Waals surface area contributed by atoms with E-state index < -0.39 is 0 Å². The predicted molar refractivity (Wildman–Crippen MR) is 61.7 cm³/mol. The van der Waals surface area contributed by atoms with Crippen LogP contribution in [0.3, 0.4) is 0 Å². The van der Waals surface area contributed by atoms with Gasteiger partial charge in [0.15, 0.2) is 5.75 Å². The minimum absolute atomic E-state index is 0.485. The van der Waals surface area contributed by atoms with Crippen molar-refractivity contribution in [3.63, 3.8) is 0 Å². The number of nitrogens with two attached hydrogens (primary N) is 1. The fourth-order valence-electron chi connectivity index (χ4n) is 1.23. The summed E-state index contributed by atoms with van der Waals surface area (Å²) >= 11 is 0. The zero-order valence-electron chi connectivity index (χ0n) is 8.88. The number of benzene rings is 1. The fraction of sp³-hybridized carbons (Fsp3) is 0.0833. The van der Waals surface area contributed by atoms with E-state index in [1.165, 1.54) is 0 Å². The molecule has 0 aliphatic heterocycles. The van der Waals surface area contributed by atoms with Crippen LogP contribution in [0, 0.1) is 0 Å². The number of methoxy groups -OCH3 is 1. The summed E-state index contributed by atoms with van der Waals surface area (Å²) in [5.41, 5.74) is 6.33. The maximum Gasteiger partial charge on any atom is 0.219 e. The Bertz CT molecular complexity index is 469. The SMILES string of the molecule is COc1ccc(Oc2ccccc2N)nc1. The number of ether oxygens (including phenoxy) is 2. The van der Waals surface area contributed by atoms with Gasteiger partial charge in [-0.2, -0.15) is 0 Å². The molecule has 1 heterocycles. The average molecular weight is 216 g/mol. The molecule has 0 amide bonds. The molecular weight excluding hydrogens is 204 g/mol. The number of nitrogen functional groups attached to an aromatic ring is 1. The normalized spacial score (nSPS) is 9.81. The van der Waals surface area contributed by atoms with Gasteiger partial charge in [0.1, 0.15) is 5.75 Å². The maximum atomic E-state index is 5.75. The van der Waals surface area contributed by atoms with E-state index in [4.69, 9.17) is 15.2 Å². The average Bonchev–Trinajstić information content (AvgIpc) is 2.33. The van der Waals surface area contributed by atoms with E-state index in [-0.39, 0.29) is 0 Å². The van der Waals surface area contributed by atoms with Crippen molar-refractivity contribution in [3.05, 3.63) is 42.6 Å². The topological polar surface area (TPSA) is 57.4 Å². The van der Waals surface area contributed by atoms with Gasteiger partial charge in [-0.15, -0.1) is 0 Å². The minimum atomic E-state index is 0.485. The van der Waals surface area contributed by atoms with Crippen molar-refractivity contribution in [1.29, 1.82) is 0 Å². The molecule has 1 aromatic carbocycles. The molecule has 4 nitrogen and oxygen atoms in total. The number of pyridine rings is 1. The van der Waals surface area contributed by atoms with E-state index in [0.717, 1.165) is 0 Å². The van der Waals surface area contributed by atoms with Crippen LogP contribution in [0.4, 0.5) is 5.69 Å². The molecule has 1 aromatic heterocycles. The Morgan fingerprint density at radius 3 is 2.56 bits per heavy atom. The molecule has 2 N–H and O–H groups in total. The van der Waals surface area contributed by atoms with E-state index in [9.17, 15) is 0 Å². The summed E-state index contributed by atoms with van der Waals surface area (Å²) in [7, 11) is 1.59. The molecule has 16 heavy (non-hydrogen) atoms. The highest BCUT2D eigenvalue weighted by Crippen LogP contribution is 2.26. The van der Waals surface area contributed by atoms with Gasteiger partial charge in [-0.3, -0.25) is 0 Å². The van der Waals surface area contributed by atoms with Crippen LogP contribution in [0.5, 0.6) is 17.4 Å². The molecule has 0 unspecified atom stereocenters. The summed E-state index contributed by atoms with van der Waals surface area (Å²) in [6, 6.07) is 10.8. The highest BCUT2D eigenvalue weighted by atomic mass is 16.5. The first-order valence-corrected chi connectivity index (χ1v) is 4.82. The van der Waals surface area contributed by atoms with Crippen molar-refractivity contribution in [2.24, 2.45) is 0 Å². The Kier molecular flexibility index (Phi) is 2.91. The Balaban J connectivity index is 2.18. The molecule has 0 spiro atoms. The van der Waals surface area contributed by atoms with Gasteiger partial charge in [-0.1, -0.05) is 12.1 Å². The molecule has 0 fully saturated rings. The summed E-state index contributed by atoms with van der Waals surface area (Å²) in [6.07, 6.45) is 1.59. The number of hydrogen-bond donors (Lipinski definition) is 1. The molecule has 2 aromatic rings. The smallest absolute Gasteiger partial charge is 0.219 e. The molecule has 0 atom stereocenters. The van der Waals surface area contributed by atoms with Gasteiger partial charge in [0.25, 0.3) is 0 Å². The summed E-state index contributed by atoms with van der Waals surface area (Å²) in [5, 5.41) is 0. The third kappa shape index (κ3) is 2.23. The van der Waals surface area contributed by atoms with E-state index in [0.29, 0.717) is 23.1 Å². The zero-order valence-corrected chi connectivity index (χ0v) is 8.88. The van der Waals surface area contributed by atoms with Crippen LogP contribution in [0.2, 0.25) is 0 Å². The number of aromatic nitrogens is 1. The first-order chi connectivity index (χ1) is 7.79. The van der Waals surface area contributed by atoms with Gasteiger partial charge >= 0.3 is 0 Å². The number of anilines is 1. The summed E-state index contributed by atoms with van der Waals surface area (Å²) < 4.78 is 10.5. The summed E-state index contributed by atoms with van der Waals surface area (Å²) in [6.45, 7) is 0. The molecule has 0 saturated heterocycles. The second-order valence-electron chi connectivity index (χ2n) is 3.18. The molecule has 0 radical (unpaired) electrons. The maximum absolute atomic E-state index is 5.75. The van der Waals surface area contributed by atoms with Crippen LogP contribution < -0.4 is 15.2 Å². The highest BCUT2D eigenvalue weighted by Gasteiger charge is 2.01. The quantitative estimate of drug-likeness (QED) is 0.801. The van der Waals surface area contributed by atoms with Gasteiger partial charge in [-0.25, -0.2) is 4.98 Å². The number of nitrogens with zero attached hydrogens (tertiary/aromatic N) is 1. The van der Waals surface area contributed by atoms with Crippen molar-refractivity contribution in [2.75, 3.05) is 12.8 Å². The van der Waals surface area contributed by atoms with Gasteiger partial charge in [-0.05, 0) is 18.2 Å². The standard InChI is InChI=1S/C12H12N2O2/c1-15-9-6-7-12(14-8-9)16-11-5-3-2-4-10(11)13/h2-8H,13H2,1H3. The van der Waals surface area contributed by atoms with Crippen molar-refractivity contribution in [3.8, 4) is 17.4 Å². The predicted octanol–water partition coefficient (Wildman–Crippen LogP) is 2.46. The lowest BCUT2D eigenvalue weighted by atomic mass is 10.3. The van der Waals surface area contributed by atoms with Crippen LogP contribution in [-0.4, -0.2) is 12.1 Å². The Morgan fingerprint density at radius 2 is 1.94 bits per heavy atom. The van der Waals surface area contributed by atoms with Crippen LogP contribution in [0.1, 0.15) is 0 Å². The van der Waals surface area contributed by atoms with Gasteiger partial charge in [0.05, 0.1) is 19.0 Å². The molecule has 0 aliphatic rings. The van der Waals surface area contributed by atoms with Gasteiger partial charge in [0, 0.05) is 6.07 Å². The van der Waals surface area contributed by atoms with Crippen molar-refractivity contribution < 1.29 is 9.47 Å². The van der Waals surface area contributed by atoms with Crippen LogP contribution >= 0.6 is 0 Å². The first-order valence-electron chi connectivity index (χ1n) is 4.82. The minimum Gasteiger partial charge on any atom is -0.495 e. The lowest BCUT2D eigenvalue weighted by Crippen LogP contribution is -1.93. The Hall–Kier alpha value is -2.23. The molecule has 0 saturated carbocycles. The first kappa shape index (κ1) is 10.3. The Labute approximate surface area is 93.6 Å². The molecule has 0 bridgehead atoms. The third-order valence-electron chi connectivity index (χ3n) is 2.08. The summed E-state index contributed by atoms with van der Waals surface area (Å²) in [5.74, 6) is 1.77. The van der Waals surface area contributed by atoms with Gasteiger partial charge < -0.3 is 15.2 Å². The second kappa shape index (κ2) is 4.53. The molecule has 4 heteroatoms. The zero-order chi connectivity index (χ0) is 11.4. The van der Waals surface area contributed by atoms with Crippen molar-refractivity contribution >= 4 is 5.69 Å². The van der Waals surface area contributed by atoms with Gasteiger partial charge in [0.2, 0.25) is 5.88 Å². The molecular formula is C12H12N2O2. The summed E-state index contributed by atoms with van der Waals surface area (Å²) in [4.78, 5) is 4.08. The lowest BCUT2D eigenvalue weighted by Gasteiger charge is -2.07. The van der Waals surface area contributed by atoms with E-state index in [1.807, 2.05) is 12.1 Å². The van der Waals surface area contributed by atoms with Crippen molar-refractivity contribution in [1.82, 2.24) is 4.98 Å². The van der Waals surface area contributed by atoms with E-state index >= 15 is 0 Å². The monoisotopic (exact) mass is 216 g/mol. The van der Waals surface area contributed by atoms with E-state index in [1.54, 1.807) is 37.6 Å². The Morgan fingerprint density at radius 1 is 1.12 bits per heavy atom. The molecule has 82 valence electrons. The van der Waals surface area contributed by atoms with Crippen LogP contribution in [0.15, 0.2) is 42.6 Å². The molecule has 2 rings (SSSR count). The highest BCUT2D eigenvalue weighted by molar-refractivity contribution is 5.53. The lowest BCUT2D eigenvalue weighted by molar-refractivity contribution is 0.408. The number of rotatable bonds is 3. The fourth-order valence-corrected chi connectivity index (χ4v) is 1.23. The van der Waals surface area contributed by atoms with Crippen molar-refractivity contribution in [2.45, 2.75) is 0 Å². The van der Waals surface area contributed by atoms with Crippen LogP contribution in [0.25, 0.3) is 0 Å².